The number of hydrogen-bond acceptors (Lipinski definition) is 8. The highest BCUT2D eigenvalue weighted by Crippen LogP contribution is 2.43. The van der Waals surface area contributed by atoms with E-state index >= 15 is 0 Å². The van der Waals surface area contributed by atoms with Gasteiger partial charge < -0.3 is 20.1 Å². The van der Waals surface area contributed by atoms with Gasteiger partial charge in [-0.05, 0) is 116 Å². The zero-order valence-corrected chi connectivity index (χ0v) is 49.1. The van der Waals surface area contributed by atoms with Crippen molar-refractivity contribution in [2.45, 2.75) is 245 Å². The lowest BCUT2D eigenvalue weighted by molar-refractivity contribution is -0.161. The van der Waals surface area contributed by atoms with Crippen molar-refractivity contribution < 1.29 is 37.6 Å². The number of rotatable bonds is 55. The molecule has 3 N–H and O–H groups in total. The summed E-state index contributed by atoms with van der Waals surface area (Å²) in [7, 11) is -4.40. The maximum atomic E-state index is 12.7. The fourth-order valence-electron chi connectivity index (χ4n) is 7.83. The Kier molecular flexibility index (Phi) is 57.3. The van der Waals surface area contributed by atoms with Crippen LogP contribution in [-0.2, 0) is 32.7 Å². The summed E-state index contributed by atoms with van der Waals surface area (Å²) in [6.45, 7) is 3.59. The number of carbonyl (C=O) groups is 2. The minimum absolute atomic E-state index is 0.0449. The molecule has 0 saturated carbocycles. The predicted octanol–water partition coefficient (Wildman–Crippen LogP) is 19.3. The maximum absolute atomic E-state index is 12.7. The summed E-state index contributed by atoms with van der Waals surface area (Å²) in [4.78, 5) is 35.2. The van der Waals surface area contributed by atoms with Gasteiger partial charge in [0.15, 0.2) is 6.10 Å². The van der Waals surface area contributed by atoms with Gasteiger partial charge in [0.25, 0.3) is 0 Å². The minimum Gasteiger partial charge on any atom is -0.462 e. The largest absolute Gasteiger partial charge is 0.472 e. The van der Waals surface area contributed by atoms with Gasteiger partial charge >= 0.3 is 19.8 Å². The van der Waals surface area contributed by atoms with Crippen LogP contribution in [0.3, 0.4) is 0 Å². The van der Waals surface area contributed by atoms with E-state index in [0.717, 1.165) is 122 Å². The topological polar surface area (TPSA) is 134 Å². The van der Waals surface area contributed by atoms with Gasteiger partial charge in [0.1, 0.15) is 6.61 Å². The Labute approximate surface area is 465 Å². The van der Waals surface area contributed by atoms with Crippen LogP contribution in [-0.4, -0.2) is 49.3 Å². The second kappa shape index (κ2) is 60.4. The number of unbranched alkanes of at least 4 members (excludes halogenated alkanes) is 20. The molecule has 0 spiro atoms. The van der Waals surface area contributed by atoms with E-state index < -0.39 is 32.5 Å². The fraction of sp³-hybridized carbons (Fsp3) is 0.636. The first-order valence-corrected chi connectivity index (χ1v) is 31.7. The van der Waals surface area contributed by atoms with Crippen LogP contribution in [0, 0.1) is 0 Å². The molecule has 0 bridgehead atoms. The first-order chi connectivity index (χ1) is 37.3. The molecule has 0 aliphatic heterocycles. The number of carbonyl (C=O) groups excluding carboxylic acids is 2. The molecule has 0 aromatic carbocycles. The second-order valence-electron chi connectivity index (χ2n) is 19.5. The van der Waals surface area contributed by atoms with Crippen molar-refractivity contribution in [3.05, 3.63) is 134 Å². The number of ether oxygens (including phenoxy) is 2. The molecule has 0 amide bonds. The molecule has 0 saturated heterocycles. The molecular formula is C66H110NO8P. The van der Waals surface area contributed by atoms with Gasteiger partial charge in [-0.25, -0.2) is 4.57 Å². The molecule has 9 nitrogen and oxygen atoms in total. The molecule has 0 rings (SSSR count). The van der Waals surface area contributed by atoms with E-state index in [1.807, 2.05) is 0 Å². The Hall–Kier alpha value is -3.85. The summed E-state index contributed by atoms with van der Waals surface area (Å²) in [5, 5.41) is 0. The van der Waals surface area contributed by atoms with Crippen LogP contribution in [0.1, 0.15) is 239 Å². The average molecular weight is 1080 g/mol. The van der Waals surface area contributed by atoms with E-state index in [1.54, 1.807) is 0 Å². The highest BCUT2D eigenvalue weighted by molar-refractivity contribution is 7.47. The molecule has 76 heavy (non-hydrogen) atoms. The average Bonchev–Trinajstić information content (AvgIpc) is 3.41. The third kappa shape index (κ3) is 59.4. The first kappa shape index (κ1) is 72.2. The van der Waals surface area contributed by atoms with Gasteiger partial charge in [-0.2, -0.15) is 0 Å². The summed E-state index contributed by atoms with van der Waals surface area (Å²) in [5.74, 6) is -0.850. The van der Waals surface area contributed by atoms with Crippen LogP contribution in [0.15, 0.2) is 134 Å². The number of esters is 2. The highest BCUT2D eigenvalue weighted by atomic mass is 31.2. The summed E-state index contributed by atoms with van der Waals surface area (Å²) < 4.78 is 33.0. The Morgan fingerprint density at radius 3 is 1.08 bits per heavy atom. The quantitative estimate of drug-likeness (QED) is 0.0264. The summed E-state index contributed by atoms with van der Waals surface area (Å²) in [6.07, 6.45) is 85.0. The molecule has 2 unspecified atom stereocenters. The van der Waals surface area contributed by atoms with E-state index in [9.17, 15) is 19.0 Å². The second-order valence-corrected chi connectivity index (χ2v) is 20.9. The monoisotopic (exact) mass is 1080 g/mol. The number of hydrogen-bond donors (Lipinski definition) is 2. The lowest BCUT2D eigenvalue weighted by Gasteiger charge is -2.19. The molecule has 0 radical (unpaired) electrons. The predicted molar refractivity (Wildman–Crippen MR) is 325 cm³/mol. The Bertz CT molecular complexity index is 1700. The van der Waals surface area contributed by atoms with Crippen molar-refractivity contribution in [1.29, 1.82) is 0 Å². The Morgan fingerprint density at radius 2 is 0.724 bits per heavy atom. The van der Waals surface area contributed by atoms with E-state index in [2.05, 4.69) is 148 Å². The van der Waals surface area contributed by atoms with Gasteiger partial charge in [0, 0.05) is 19.4 Å². The van der Waals surface area contributed by atoms with Crippen LogP contribution >= 0.6 is 7.82 Å². The van der Waals surface area contributed by atoms with Gasteiger partial charge in [-0.1, -0.05) is 244 Å². The van der Waals surface area contributed by atoms with Gasteiger partial charge in [-0.15, -0.1) is 0 Å². The molecule has 2 atom stereocenters. The summed E-state index contributed by atoms with van der Waals surface area (Å²) in [6, 6.07) is 0. The number of allylic oxidation sites excluding steroid dienone is 22. The molecule has 0 aliphatic rings. The highest BCUT2D eigenvalue weighted by Gasteiger charge is 2.26. The minimum atomic E-state index is -4.40. The van der Waals surface area contributed by atoms with Crippen LogP contribution in [0.5, 0.6) is 0 Å². The van der Waals surface area contributed by atoms with Crippen molar-refractivity contribution in [1.82, 2.24) is 0 Å². The Morgan fingerprint density at radius 1 is 0.408 bits per heavy atom. The molecule has 0 aromatic heterocycles. The van der Waals surface area contributed by atoms with Crippen molar-refractivity contribution in [3.8, 4) is 0 Å². The standard InChI is InChI=1S/C66H110NO8P/c1-3-5-7-9-11-13-15-17-19-21-23-24-25-26-27-28-29-30-31-32-33-34-35-36-37-38-39-40-41-43-45-47-49-51-53-55-57-59-66(69)75-64(63-74-76(70,71)73-61-60-67)62-72-65(68)58-56-54-52-50-48-46-44-42-22-20-18-16-14-12-10-8-6-4-2/h5,7,11,13-14,16-17,19-20,22-24,26-27,29-30,32-33,35-36,38-39,64H,3-4,6,8-10,12,15,18,21,25,28,31,34,37,40-63,67H2,1-2H3,(H,70,71)/b7-5-,13-11-,16-14-,19-17-,22-20-,24-23-,27-26-,30-29-,33-32-,36-35-,39-38-. The maximum Gasteiger partial charge on any atom is 0.472 e. The van der Waals surface area contributed by atoms with E-state index in [4.69, 9.17) is 24.3 Å². The fourth-order valence-corrected chi connectivity index (χ4v) is 8.60. The van der Waals surface area contributed by atoms with Crippen molar-refractivity contribution in [2.24, 2.45) is 5.73 Å². The van der Waals surface area contributed by atoms with E-state index in [0.29, 0.717) is 6.42 Å². The van der Waals surface area contributed by atoms with Gasteiger partial charge in [-0.3, -0.25) is 18.6 Å². The number of phosphoric ester groups is 1. The molecule has 0 aliphatic carbocycles. The van der Waals surface area contributed by atoms with Crippen molar-refractivity contribution >= 4 is 19.8 Å². The third-order valence-corrected chi connectivity index (χ3v) is 13.3. The van der Waals surface area contributed by atoms with Crippen LogP contribution < -0.4 is 5.73 Å². The zero-order chi connectivity index (χ0) is 55.2. The number of nitrogens with two attached hydrogens (primary N) is 1. The summed E-state index contributed by atoms with van der Waals surface area (Å²) in [5.41, 5.74) is 5.38. The SMILES string of the molecule is CC/C=C\C/C=C\C/C=C\C/C=C\C/C=C\C/C=C\C/C=C\C/C=C\C/C=C\CCCCCCCCCCCC(=O)OC(COC(=O)CCCCCCCCC/C=C\C/C=C\CCCCCC)COP(=O)(O)OCCN. The molecule has 0 aromatic rings. The zero-order valence-electron chi connectivity index (χ0n) is 48.2. The van der Waals surface area contributed by atoms with E-state index in [1.165, 1.54) is 83.5 Å². The van der Waals surface area contributed by atoms with Crippen LogP contribution in [0.4, 0.5) is 0 Å². The molecule has 0 heterocycles. The Balaban J connectivity index is 4.01. The lowest BCUT2D eigenvalue weighted by Crippen LogP contribution is -2.29. The summed E-state index contributed by atoms with van der Waals surface area (Å²) >= 11 is 0. The first-order valence-electron chi connectivity index (χ1n) is 30.2. The van der Waals surface area contributed by atoms with Crippen molar-refractivity contribution in [3.63, 3.8) is 0 Å². The smallest absolute Gasteiger partial charge is 0.462 e. The number of phosphoric acid groups is 1. The van der Waals surface area contributed by atoms with Crippen LogP contribution in [0.25, 0.3) is 0 Å². The molecule has 432 valence electrons. The normalized spacial score (nSPS) is 14.0. The molecule has 0 fully saturated rings. The van der Waals surface area contributed by atoms with Gasteiger partial charge in [0.2, 0.25) is 0 Å². The third-order valence-electron chi connectivity index (χ3n) is 12.3. The van der Waals surface area contributed by atoms with Crippen molar-refractivity contribution in [2.75, 3.05) is 26.4 Å². The molecule has 10 heteroatoms. The van der Waals surface area contributed by atoms with Gasteiger partial charge in [0.05, 0.1) is 13.2 Å². The van der Waals surface area contributed by atoms with Crippen LogP contribution in [0.2, 0.25) is 0 Å². The molecular weight excluding hydrogens is 966 g/mol. The lowest BCUT2D eigenvalue weighted by atomic mass is 10.1. The van der Waals surface area contributed by atoms with E-state index in [-0.39, 0.29) is 32.6 Å².